The molecular weight excluding hydrogens is 302 g/mol. The highest BCUT2D eigenvalue weighted by Gasteiger charge is 2.16. The van der Waals surface area contributed by atoms with E-state index in [2.05, 4.69) is 0 Å². The van der Waals surface area contributed by atoms with Crippen LogP contribution in [-0.2, 0) is 0 Å². The number of carboxylic acid groups (broad SMARTS) is 1. The van der Waals surface area contributed by atoms with Crippen molar-refractivity contribution in [1.29, 1.82) is 0 Å². The number of nitrogen functional groups attached to an aromatic ring is 1. The molecule has 3 rings (SSSR count). The third-order valence-electron chi connectivity index (χ3n) is 3.80. The van der Waals surface area contributed by atoms with Gasteiger partial charge in [0.05, 0.1) is 5.56 Å². The summed E-state index contributed by atoms with van der Waals surface area (Å²) >= 11 is 0. The fourth-order valence-electron chi connectivity index (χ4n) is 2.60. The Morgan fingerprint density at radius 2 is 1.46 bits per heavy atom. The maximum atomic E-state index is 12.9. The number of hydrogen-bond donors (Lipinski definition) is 2. The van der Waals surface area contributed by atoms with Gasteiger partial charge >= 0.3 is 5.97 Å². The molecule has 0 saturated heterocycles. The second-order valence-corrected chi connectivity index (χ2v) is 5.35. The quantitative estimate of drug-likeness (QED) is 0.565. The van der Waals surface area contributed by atoms with Crippen LogP contribution < -0.4 is 5.73 Å². The maximum absolute atomic E-state index is 12.9. The highest BCUT2D eigenvalue weighted by atomic mass is 16.4. The summed E-state index contributed by atoms with van der Waals surface area (Å²) < 4.78 is 0. The summed E-state index contributed by atoms with van der Waals surface area (Å²) in [6, 6.07) is 21.2. The third-order valence-corrected chi connectivity index (χ3v) is 3.80. The Labute approximate surface area is 139 Å². The molecule has 118 valence electrons. The second-order valence-electron chi connectivity index (χ2n) is 5.35. The van der Waals surface area contributed by atoms with Gasteiger partial charge in [-0.05, 0) is 23.3 Å². The lowest BCUT2D eigenvalue weighted by molar-refractivity contribution is 0.0697. The van der Waals surface area contributed by atoms with E-state index >= 15 is 0 Å². The first-order chi connectivity index (χ1) is 11.6. The lowest BCUT2D eigenvalue weighted by Gasteiger charge is -2.10. The number of hydrogen-bond acceptors (Lipinski definition) is 3. The highest BCUT2D eigenvalue weighted by molar-refractivity contribution is 6.13. The zero-order valence-electron chi connectivity index (χ0n) is 12.8. The fourth-order valence-corrected chi connectivity index (χ4v) is 2.60. The van der Waals surface area contributed by atoms with E-state index in [9.17, 15) is 9.59 Å². The lowest BCUT2D eigenvalue weighted by atomic mass is 9.93. The van der Waals surface area contributed by atoms with Crippen molar-refractivity contribution in [1.82, 2.24) is 0 Å². The molecule has 0 atom stereocenters. The van der Waals surface area contributed by atoms with Crippen LogP contribution in [0.1, 0.15) is 26.3 Å². The molecule has 0 radical (unpaired) electrons. The van der Waals surface area contributed by atoms with Gasteiger partial charge in [0.25, 0.3) is 0 Å². The van der Waals surface area contributed by atoms with Gasteiger partial charge in [-0.25, -0.2) is 4.79 Å². The minimum Gasteiger partial charge on any atom is -0.478 e. The van der Waals surface area contributed by atoms with Gasteiger partial charge in [0.2, 0.25) is 0 Å². The first kappa shape index (κ1) is 15.5. The standard InChI is InChI=1S/C20H15NO3/c21-18-12-14(10-11-17(18)20(23)24)19(22)16-9-5-4-8-15(16)13-6-2-1-3-7-13/h1-12H,21H2,(H,23,24). The Morgan fingerprint density at radius 1 is 0.792 bits per heavy atom. The van der Waals surface area contributed by atoms with Gasteiger partial charge in [-0.2, -0.15) is 0 Å². The molecule has 0 heterocycles. The normalized spacial score (nSPS) is 10.3. The van der Waals surface area contributed by atoms with Crippen molar-refractivity contribution in [3.05, 3.63) is 89.5 Å². The van der Waals surface area contributed by atoms with Crippen molar-refractivity contribution in [3.8, 4) is 11.1 Å². The number of anilines is 1. The van der Waals surface area contributed by atoms with Crippen molar-refractivity contribution in [2.24, 2.45) is 0 Å². The van der Waals surface area contributed by atoms with Gasteiger partial charge < -0.3 is 10.8 Å². The minimum absolute atomic E-state index is 0.0112. The second kappa shape index (κ2) is 6.38. The average molecular weight is 317 g/mol. The van der Waals surface area contributed by atoms with Gasteiger partial charge in [-0.3, -0.25) is 4.79 Å². The van der Waals surface area contributed by atoms with E-state index in [0.717, 1.165) is 11.1 Å². The fraction of sp³-hybridized carbons (Fsp3) is 0. The van der Waals surface area contributed by atoms with Crippen molar-refractivity contribution in [2.45, 2.75) is 0 Å². The number of carbonyl (C=O) groups is 2. The van der Waals surface area contributed by atoms with Crippen molar-refractivity contribution >= 4 is 17.4 Å². The summed E-state index contributed by atoms with van der Waals surface area (Å²) in [5.41, 5.74) is 8.49. The predicted octanol–water partition coefficient (Wildman–Crippen LogP) is 3.87. The van der Waals surface area contributed by atoms with Crippen LogP contribution in [0.25, 0.3) is 11.1 Å². The van der Waals surface area contributed by atoms with E-state index in [-0.39, 0.29) is 17.0 Å². The van der Waals surface area contributed by atoms with Crippen molar-refractivity contribution in [3.63, 3.8) is 0 Å². The number of carbonyl (C=O) groups excluding carboxylic acids is 1. The summed E-state index contributed by atoms with van der Waals surface area (Å²) in [6.45, 7) is 0. The van der Waals surface area contributed by atoms with E-state index in [4.69, 9.17) is 10.8 Å². The van der Waals surface area contributed by atoms with Gasteiger partial charge in [0, 0.05) is 16.8 Å². The Bertz CT molecular complexity index is 917. The molecular formula is C20H15NO3. The number of benzene rings is 3. The Morgan fingerprint density at radius 3 is 2.12 bits per heavy atom. The minimum atomic E-state index is -1.11. The lowest BCUT2D eigenvalue weighted by Crippen LogP contribution is -2.07. The molecule has 0 aliphatic rings. The maximum Gasteiger partial charge on any atom is 0.337 e. The molecule has 24 heavy (non-hydrogen) atoms. The summed E-state index contributed by atoms with van der Waals surface area (Å²) in [7, 11) is 0. The van der Waals surface area contributed by atoms with Crippen LogP contribution in [0, 0.1) is 0 Å². The molecule has 0 fully saturated rings. The van der Waals surface area contributed by atoms with Crippen LogP contribution in [0.15, 0.2) is 72.8 Å². The number of aromatic carboxylic acids is 1. The predicted molar refractivity (Wildman–Crippen MR) is 93.1 cm³/mol. The Hall–Kier alpha value is -3.40. The topological polar surface area (TPSA) is 80.4 Å². The molecule has 0 spiro atoms. The Kier molecular flexibility index (Phi) is 4.12. The zero-order chi connectivity index (χ0) is 17.1. The molecule has 0 aromatic heterocycles. The zero-order valence-corrected chi connectivity index (χ0v) is 12.8. The molecule has 3 N–H and O–H groups in total. The van der Waals surface area contributed by atoms with E-state index in [0.29, 0.717) is 11.1 Å². The molecule has 0 aliphatic heterocycles. The number of ketones is 1. The number of rotatable bonds is 4. The molecule has 4 nitrogen and oxygen atoms in total. The van der Waals surface area contributed by atoms with Gasteiger partial charge in [0.1, 0.15) is 0 Å². The molecule has 3 aromatic rings. The SMILES string of the molecule is Nc1cc(C(=O)c2ccccc2-c2ccccc2)ccc1C(=O)O. The average Bonchev–Trinajstić information content (AvgIpc) is 2.61. The van der Waals surface area contributed by atoms with Crippen molar-refractivity contribution in [2.75, 3.05) is 5.73 Å². The summed E-state index contributed by atoms with van der Waals surface area (Å²) in [5, 5.41) is 9.04. The van der Waals surface area contributed by atoms with Crippen LogP contribution in [0.2, 0.25) is 0 Å². The molecule has 4 heteroatoms. The summed E-state index contributed by atoms with van der Waals surface area (Å²) in [5.74, 6) is -1.31. The largest absolute Gasteiger partial charge is 0.478 e. The third kappa shape index (κ3) is 2.90. The highest BCUT2D eigenvalue weighted by Crippen LogP contribution is 2.26. The monoisotopic (exact) mass is 317 g/mol. The Balaban J connectivity index is 2.06. The first-order valence-corrected chi connectivity index (χ1v) is 7.40. The van der Waals surface area contributed by atoms with Crippen LogP contribution in [0.5, 0.6) is 0 Å². The van der Waals surface area contributed by atoms with Crippen molar-refractivity contribution < 1.29 is 14.7 Å². The van der Waals surface area contributed by atoms with E-state index in [1.54, 1.807) is 12.1 Å². The van der Waals surface area contributed by atoms with Gasteiger partial charge in [-0.15, -0.1) is 0 Å². The van der Waals surface area contributed by atoms with E-state index in [1.807, 2.05) is 42.5 Å². The van der Waals surface area contributed by atoms with Crippen LogP contribution in [0.4, 0.5) is 5.69 Å². The molecule has 0 saturated carbocycles. The van der Waals surface area contributed by atoms with Crippen LogP contribution >= 0.6 is 0 Å². The molecule has 0 unspecified atom stereocenters. The molecule has 0 amide bonds. The number of nitrogens with two attached hydrogens (primary N) is 1. The molecule has 0 bridgehead atoms. The first-order valence-electron chi connectivity index (χ1n) is 7.40. The van der Waals surface area contributed by atoms with Crippen LogP contribution in [-0.4, -0.2) is 16.9 Å². The summed E-state index contributed by atoms with van der Waals surface area (Å²) in [4.78, 5) is 23.9. The summed E-state index contributed by atoms with van der Waals surface area (Å²) in [6.07, 6.45) is 0. The van der Waals surface area contributed by atoms with E-state index < -0.39 is 5.97 Å². The smallest absolute Gasteiger partial charge is 0.337 e. The van der Waals surface area contributed by atoms with E-state index in [1.165, 1.54) is 18.2 Å². The van der Waals surface area contributed by atoms with Gasteiger partial charge in [0.15, 0.2) is 5.78 Å². The molecule has 0 aliphatic carbocycles. The number of carboxylic acids is 1. The van der Waals surface area contributed by atoms with Gasteiger partial charge in [-0.1, -0.05) is 60.7 Å². The molecule has 3 aromatic carbocycles. The van der Waals surface area contributed by atoms with Crippen LogP contribution in [0.3, 0.4) is 0 Å².